The minimum atomic E-state index is 0.320. The summed E-state index contributed by atoms with van der Waals surface area (Å²) in [6, 6.07) is 5.59. The Hall–Kier alpha value is -0.580. The Balaban J connectivity index is 2.62. The van der Waals surface area contributed by atoms with E-state index in [4.69, 9.17) is 23.2 Å². The average Bonchev–Trinajstić information content (AvgIpc) is 2.60. The topological polar surface area (TPSA) is 30.7 Å². The monoisotopic (exact) mass is 319 g/mol. The quantitative estimate of drug-likeness (QED) is 0.840. The van der Waals surface area contributed by atoms with E-state index in [1.807, 2.05) is 25.1 Å². The molecule has 0 aliphatic rings. The van der Waals surface area contributed by atoms with Crippen LogP contribution < -0.4 is 0 Å². The zero-order chi connectivity index (χ0) is 11.7. The minimum absolute atomic E-state index is 0.320. The first kappa shape index (κ1) is 11.9. The highest BCUT2D eigenvalue weighted by Gasteiger charge is 2.13. The maximum Gasteiger partial charge on any atom is 0.229 e. The number of nitrogens with zero attached hydrogens (tertiary/aromatic N) is 3. The fourth-order valence-corrected chi connectivity index (χ4v) is 2.41. The van der Waals surface area contributed by atoms with Gasteiger partial charge in [0.25, 0.3) is 0 Å². The van der Waals surface area contributed by atoms with Gasteiger partial charge in [-0.3, -0.25) is 4.57 Å². The van der Waals surface area contributed by atoms with Gasteiger partial charge in [0.05, 0.1) is 10.7 Å². The SMILES string of the molecule is CCc1nnc(Cl)n1-c1ccc(Br)cc1Cl. The smallest absolute Gasteiger partial charge is 0.229 e. The molecule has 0 saturated heterocycles. The zero-order valence-electron chi connectivity index (χ0n) is 8.41. The highest BCUT2D eigenvalue weighted by Crippen LogP contribution is 2.27. The van der Waals surface area contributed by atoms with Crippen molar-refractivity contribution in [2.24, 2.45) is 0 Å². The molecule has 0 N–H and O–H groups in total. The largest absolute Gasteiger partial charge is 0.268 e. The van der Waals surface area contributed by atoms with Crippen LogP contribution in [0.15, 0.2) is 22.7 Å². The number of hydrogen-bond acceptors (Lipinski definition) is 2. The molecule has 2 aromatic rings. The minimum Gasteiger partial charge on any atom is -0.268 e. The molecule has 6 heteroatoms. The first-order valence-corrected chi connectivity index (χ1v) is 6.23. The first-order valence-electron chi connectivity index (χ1n) is 4.68. The number of rotatable bonds is 2. The van der Waals surface area contributed by atoms with Crippen LogP contribution >= 0.6 is 39.1 Å². The van der Waals surface area contributed by atoms with Crippen LogP contribution in [-0.4, -0.2) is 14.8 Å². The van der Waals surface area contributed by atoms with Crippen LogP contribution in [-0.2, 0) is 6.42 Å². The van der Waals surface area contributed by atoms with Gasteiger partial charge in [-0.2, -0.15) is 0 Å². The summed E-state index contributed by atoms with van der Waals surface area (Å²) in [5, 5.41) is 8.74. The molecule has 84 valence electrons. The van der Waals surface area contributed by atoms with Crippen molar-refractivity contribution in [2.75, 3.05) is 0 Å². The van der Waals surface area contributed by atoms with Crippen molar-refractivity contribution in [3.05, 3.63) is 38.8 Å². The number of aromatic nitrogens is 3. The lowest BCUT2D eigenvalue weighted by molar-refractivity contribution is 0.883. The third kappa shape index (κ3) is 2.10. The van der Waals surface area contributed by atoms with Crippen molar-refractivity contribution in [2.45, 2.75) is 13.3 Å². The molecule has 0 fully saturated rings. The van der Waals surface area contributed by atoms with Crippen molar-refractivity contribution in [3.63, 3.8) is 0 Å². The van der Waals surface area contributed by atoms with E-state index in [0.29, 0.717) is 10.3 Å². The summed E-state index contributed by atoms with van der Waals surface area (Å²) in [7, 11) is 0. The van der Waals surface area contributed by atoms with E-state index in [-0.39, 0.29) is 0 Å². The molecule has 0 atom stereocenters. The molecule has 0 unspecified atom stereocenters. The first-order chi connectivity index (χ1) is 7.63. The summed E-state index contributed by atoms with van der Waals surface area (Å²) in [6.07, 6.45) is 0.742. The van der Waals surface area contributed by atoms with Crippen LogP contribution in [0.5, 0.6) is 0 Å². The molecule has 1 aromatic heterocycles. The normalized spacial score (nSPS) is 10.8. The summed E-state index contributed by atoms with van der Waals surface area (Å²) < 4.78 is 2.67. The molecular weight excluding hydrogens is 313 g/mol. The van der Waals surface area contributed by atoms with E-state index in [1.54, 1.807) is 4.57 Å². The van der Waals surface area contributed by atoms with E-state index >= 15 is 0 Å². The van der Waals surface area contributed by atoms with Crippen molar-refractivity contribution >= 4 is 39.1 Å². The molecule has 0 saturated carbocycles. The Morgan fingerprint density at radius 1 is 1.31 bits per heavy atom. The van der Waals surface area contributed by atoms with Crippen molar-refractivity contribution in [1.29, 1.82) is 0 Å². The molecule has 3 nitrogen and oxygen atoms in total. The summed E-state index contributed by atoms with van der Waals surface area (Å²) in [5.41, 5.74) is 0.789. The third-order valence-corrected chi connectivity index (χ3v) is 3.20. The van der Waals surface area contributed by atoms with Crippen LogP contribution in [0.4, 0.5) is 0 Å². The van der Waals surface area contributed by atoms with Gasteiger partial charge in [0.15, 0.2) is 0 Å². The van der Waals surface area contributed by atoms with E-state index in [9.17, 15) is 0 Å². The Morgan fingerprint density at radius 3 is 2.69 bits per heavy atom. The van der Waals surface area contributed by atoms with Crippen LogP contribution in [0.2, 0.25) is 10.3 Å². The number of halogens is 3. The molecule has 1 heterocycles. The van der Waals surface area contributed by atoms with Gasteiger partial charge in [0.2, 0.25) is 5.28 Å². The van der Waals surface area contributed by atoms with Gasteiger partial charge in [0.1, 0.15) is 5.82 Å². The molecule has 0 bridgehead atoms. The molecular formula is C10H8BrCl2N3. The van der Waals surface area contributed by atoms with Gasteiger partial charge in [-0.1, -0.05) is 34.5 Å². The summed E-state index contributed by atoms with van der Waals surface area (Å²) in [5.74, 6) is 0.786. The van der Waals surface area contributed by atoms with Crippen molar-refractivity contribution in [3.8, 4) is 5.69 Å². The van der Waals surface area contributed by atoms with Gasteiger partial charge < -0.3 is 0 Å². The predicted octanol–water partition coefficient (Wildman–Crippen LogP) is 3.90. The van der Waals surface area contributed by atoms with E-state index in [1.165, 1.54) is 0 Å². The molecule has 1 aromatic carbocycles. The number of benzene rings is 1. The fourth-order valence-electron chi connectivity index (χ4n) is 1.42. The van der Waals surface area contributed by atoms with Crippen LogP contribution in [0.1, 0.15) is 12.7 Å². The molecule has 0 aliphatic heterocycles. The zero-order valence-corrected chi connectivity index (χ0v) is 11.5. The van der Waals surface area contributed by atoms with Crippen molar-refractivity contribution < 1.29 is 0 Å². The summed E-state index contributed by atoms with van der Waals surface area (Å²) in [4.78, 5) is 0. The Bertz CT molecular complexity index is 525. The van der Waals surface area contributed by atoms with Gasteiger partial charge in [-0.05, 0) is 29.8 Å². The van der Waals surface area contributed by atoms with Crippen LogP contribution in [0.3, 0.4) is 0 Å². The van der Waals surface area contributed by atoms with Gasteiger partial charge in [-0.15, -0.1) is 10.2 Å². The fraction of sp³-hybridized carbons (Fsp3) is 0.200. The Labute approximate surface area is 112 Å². The second kappa shape index (κ2) is 4.73. The van der Waals surface area contributed by atoms with Gasteiger partial charge in [0, 0.05) is 10.9 Å². The Kier molecular flexibility index (Phi) is 3.52. The highest BCUT2D eigenvalue weighted by atomic mass is 79.9. The number of aryl methyl sites for hydroxylation is 1. The molecule has 16 heavy (non-hydrogen) atoms. The maximum absolute atomic E-state index is 6.16. The lowest BCUT2D eigenvalue weighted by atomic mass is 10.3. The van der Waals surface area contributed by atoms with Gasteiger partial charge >= 0.3 is 0 Å². The predicted molar refractivity (Wildman–Crippen MR) is 68.5 cm³/mol. The highest BCUT2D eigenvalue weighted by molar-refractivity contribution is 9.10. The Morgan fingerprint density at radius 2 is 2.06 bits per heavy atom. The maximum atomic E-state index is 6.16. The summed E-state index contributed by atoms with van der Waals surface area (Å²) in [6.45, 7) is 1.99. The van der Waals surface area contributed by atoms with E-state index in [0.717, 1.165) is 22.4 Å². The molecule has 2 rings (SSSR count). The second-order valence-corrected chi connectivity index (χ2v) is 4.83. The molecule has 0 aliphatic carbocycles. The average molecular weight is 321 g/mol. The molecule has 0 spiro atoms. The van der Waals surface area contributed by atoms with E-state index < -0.39 is 0 Å². The lowest BCUT2D eigenvalue weighted by Crippen LogP contribution is -2.01. The third-order valence-electron chi connectivity index (χ3n) is 2.16. The van der Waals surface area contributed by atoms with E-state index in [2.05, 4.69) is 26.1 Å². The lowest BCUT2D eigenvalue weighted by Gasteiger charge is -2.08. The molecule has 0 amide bonds. The van der Waals surface area contributed by atoms with Crippen LogP contribution in [0, 0.1) is 0 Å². The summed E-state index contributed by atoms with van der Waals surface area (Å²) >= 11 is 15.5. The van der Waals surface area contributed by atoms with Crippen molar-refractivity contribution in [1.82, 2.24) is 14.8 Å². The standard InChI is InChI=1S/C10H8BrCl2N3/c1-2-9-14-15-10(13)16(9)8-4-3-6(11)5-7(8)12/h3-5H,2H2,1H3. The molecule has 0 radical (unpaired) electrons. The number of hydrogen-bond donors (Lipinski definition) is 0. The second-order valence-electron chi connectivity index (χ2n) is 3.17. The van der Waals surface area contributed by atoms with Crippen LogP contribution in [0.25, 0.3) is 5.69 Å². The van der Waals surface area contributed by atoms with Gasteiger partial charge in [-0.25, -0.2) is 0 Å².